The fourth-order valence-electron chi connectivity index (χ4n) is 4.18. The number of hydrogen-bond acceptors (Lipinski definition) is 4. The molecule has 0 radical (unpaired) electrons. The van der Waals surface area contributed by atoms with E-state index in [4.69, 9.17) is 4.42 Å². The van der Waals surface area contributed by atoms with Crippen LogP contribution in [0.4, 0.5) is 4.39 Å². The summed E-state index contributed by atoms with van der Waals surface area (Å²) in [6.45, 7) is 4.68. The highest BCUT2D eigenvalue weighted by molar-refractivity contribution is 5.79. The van der Waals surface area contributed by atoms with Gasteiger partial charge in [0.2, 0.25) is 0 Å². The number of pyridine rings is 1. The Morgan fingerprint density at radius 3 is 2.66 bits per heavy atom. The van der Waals surface area contributed by atoms with Crippen LogP contribution in [0.2, 0.25) is 0 Å². The van der Waals surface area contributed by atoms with E-state index in [1.54, 1.807) is 16.9 Å². The molecule has 0 atom stereocenters. The molecule has 2 aromatic heterocycles. The molecule has 0 bridgehead atoms. The van der Waals surface area contributed by atoms with Gasteiger partial charge in [-0.05, 0) is 74.8 Å². The molecule has 1 aliphatic rings. The van der Waals surface area contributed by atoms with E-state index < -0.39 is 0 Å². The summed E-state index contributed by atoms with van der Waals surface area (Å²) in [5.41, 5.74) is 1.35. The predicted octanol–water partition coefficient (Wildman–Crippen LogP) is 3.85. The number of hydrogen-bond donors (Lipinski definition) is 0. The average Bonchev–Trinajstić information content (AvgIpc) is 3.22. The molecule has 6 heteroatoms. The minimum Gasteiger partial charge on any atom is -0.468 e. The van der Waals surface area contributed by atoms with Crippen LogP contribution in [-0.4, -0.2) is 41.0 Å². The molecule has 0 unspecified atom stereocenters. The lowest BCUT2D eigenvalue weighted by atomic mass is 10.1. The molecule has 1 saturated heterocycles. The molecule has 0 aliphatic carbocycles. The number of rotatable bonds is 7. The summed E-state index contributed by atoms with van der Waals surface area (Å²) in [6.07, 6.45) is 5.35. The van der Waals surface area contributed by atoms with Crippen LogP contribution in [0, 0.1) is 5.82 Å². The molecule has 3 aromatic rings. The van der Waals surface area contributed by atoms with Crippen LogP contribution >= 0.6 is 0 Å². The smallest absolute Gasteiger partial charge is 0.255 e. The van der Waals surface area contributed by atoms with Crippen molar-refractivity contribution < 1.29 is 8.81 Å². The fourth-order valence-corrected chi connectivity index (χ4v) is 4.18. The van der Waals surface area contributed by atoms with Crippen molar-refractivity contribution in [2.75, 3.05) is 26.7 Å². The monoisotopic (exact) mass is 397 g/mol. The fraction of sp³-hybridized carbons (Fsp3) is 0.435. The van der Waals surface area contributed by atoms with Gasteiger partial charge in [-0.3, -0.25) is 9.69 Å². The van der Waals surface area contributed by atoms with E-state index in [2.05, 4.69) is 9.80 Å². The third kappa shape index (κ3) is 4.77. The lowest BCUT2D eigenvalue weighted by molar-refractivity contribution is 0.220. The Kier molecular flexibility index (Phi) is 6.11. The maximum absolute atomic E-state index is 13.9. The zero-order valence-corrected chi connectivity index (χ0v) is 16.9. The molecule has 29 heavy (non-hydrogen) atoms. The van der Waals surface area contributed by atoms with Crippen molar-refractivity contribution in [2.24, 2.45) is 0 Å². The second-order valence-corrected chi connectivity index (χ2v) is 7.98. The van der Waals surface area contributed by atoms with Crippen LogP contribution in [0.25, 0.3) is 10.9 Å². The van der Waals surface area contributed by atoms with E-state index >= 15 is 0 Å². The largest absolute Gasteiger partial charge is 0.468 e. The maximum Gasteiger partial charge on any atom is 0.255 e. The predicted molar refractivity (Wildman–Crippen MR) is 112 cm³/mol. The molecule has 3 heterocycles. The first-order valence-corrected chi connectivity index (χ1v) is 10.4. The molecule has 0 saturated carbocycles. The highest BCUT2D eigenvalue weighted by Gasteiger charge is 2.15. The number of nitrogens with zero attached hydrogens (tertiary/aromatic N) is 3. The van der Waals surface area contributed by atoms with Crippen LogP contribution in [0.1, 0.15) is 30.6 Å². The summed E-state index contributed by atoms with van der Waals surface area (Å²) >= 11 is 0. The molecule has 0 N–H and O–H groups in total. The lowest BCUT2D eigenvalue weighted by Crippen LogP contribution is -2.36. The summed E-state index contributed by atoms with van der Waals surface area (Å²) in [5, 5.41) is 0.894. The first kappa shape index (κ1) is 19.9. The van der Waals surface area contributed by atoms with E-state index in [1.165, 1.54) is 31.4 Å². The zero-order chi connectivity index (χ0) is 20.2. The Morgan fingerprint density at radius 1 is 1.07 bits per heavy atom. The second kappa shape index (κ2) is 8.93. The average molecular weight is 397 g/mol. The molecule has 4 rings (SSSR count). The SMILES string of the molecule is CN(Cc1ccco1)Cc1cc2ccc(F)cc2n(CCN2CCCCC2)c1=O. The second-order valence-electron chi connectivity index (χ2n) is 7.98. The number of likely N-dealkylation sites (tertiary alicyclic amines) is 1. The van der Waals surface area contributed by atoms with Gasteiger partial charge >= 0.3 is 0 Å². The quantitative estimate of drug-likeness (QED) is 0.607. The number of piperidine rings is 1. The van der Waals surface area contributed by atoms with Gasteiger partial charge in [0.25, 0.3) is 5.56 Å². The highest BCUT2D eigenvalue weighted by Crippen LogP contribution is 2.17. The maximum atomic E-state index is 13.9. The Hall–Kier alpha value is -2.44. The summed E-state index contributed by atoms with van der Waals surface area (Å²) in [6, 6.07) is 10.4. The molecule has 1 aliphatic heterocycles. The number of furan rings is 1. The van der Waals surface area contributed by atoms with E-state index in [9.17, 15) is 9.18 Å². The van der Waals surface area contributed by atoms with E-state index in [-0.39, 0.29) is 11.4 Å². The van der Waals surface area contributed by atoms with Crippen LogP contribution < -0.4 is 5.56 Å². The van der Waals surface area contributed by atoms with Crippen molar-refractivity contribution >= 4 is 10.9 Å². The van der Waals surface area contributed by atoms with Gasteiger partial charge in [-0.1, -0.05) is 6.42 Å². The van der Waals surface area contributed by atoms with Crippen LogP contribution in [0.15, 0.2) is 51.9 Å². The summed E-state index contributed by atoms with van der Waals surface area (Å²) < 4.78 is 21.1. The molecule has 1 fully saturated rings. The van der Waals surface area contributed by atoms with Crippen molar-refractivity contribution in [1.29, 1.82) is 0 Å². The van der Waals surface area contributed by atoms with Gasteiger partial charge < -0.3 is 13.9 Å². The zero-order valence-electron chi connectivity index (χ0n) is 16.9. The molecule has 5 nitrogen and oxygen atoms in total. The van der Waals surface area contributed by atoms with E-state index in [0.717, 1.165) is 36.3 Å². The van der Waals surface area contributed by atoms with E-state index in [0.29, 0.717) is 25.2 Å². The Balaban J connectivity index is 1.61. The van der Waals surface area contributed by atoms with Crippen molar-refractivity contribution in [3.8, 4) is 0 Å². The summed E-state index contributed by atoms with van der Waals surface area (Å²) in [4.78, 5) is 17.7. The van der Waals surface area contributed by atoms with Crippen molar-refractivity contribution in [2.45, 2.75) is 38.9 Å². The first-order valence-electron chi connectivity index (χ1n) is 10.4. The van der Waals surface area contributed by atoms with Crippen LogP contribution in [0.3, 0.4) is 0 Å². The molecule has 154 valence electrons. The number of fused-ring (bicyclic) bond motifs is 1. The number of benzene rings is 1. The Morgan fingerprint density at radius 2 is 1.90 bits per heavy atom. The lowest BCUT2D eigenvalue weighted by Gasteiger charge is -2.27. The minimum absolute atomic E-state index is 0.0357. The normalized spacial score (nSPS) is 15.4. The molecule has 0 spiro atoms. The third-order valence-electron chi connectivity index (χ3n) is 5.67. The molecule has 0 amide bonds. The Labute approximate surface area is 170 Å². The van der Waals surface area contributed by atoms with Crippen LogP contribution in [0.5, 0.6) is 0 Å². The van der Waals surface area contributed by atoms with Gasteiger partial charge in [-0.25, -0.2) is 4.39 Å². The molecular formula is C23H28FN3O2. The number of aromatic nitrogens is 1. The number of halogens is 1. The van der Waals surface area contributed by atoms with Crippen molar-refractivity contribution in [3.05, 3.63) is 70.2 Å². The highest BCUT2D eigenvalue weighted by atomic mass is 19.1. The van der Waals surface area contributed by atoms with Gasteiger partial charge in [-0.15, -0.1) is 0 Å². The standard InChI is InChI=1S/C23H28FN3O2/c1-25(17-21-6-5-13-29-21)16-19-14-18-7-8-20(24)15-22(18)27(23(19)28)12-11-26-9-3-2-4-10-26/h5-8,13-15H,2-4,9-12,16-17H2,1H3. The van der Waals surface area contributed by atoms with Gasteiger partial charge in [0.1, 0.15) is 11.6 Å². The van der Waals surface area contributed by atoms with Gasteiger partial charge in [0.15, 0.2) is 0 Å². The first-order chi connectivity index (χ1) is 14.1. The molecule has 1 aromatic carbocycles. The topological polar surface area (TPSA) is 41.6 Å². The van der Waals surface area contributed by atoms with E-state index in [1.807, 2.05) is 25.2 Å². The van der Waals surface area contributed by atoms with Crippen molar-refractivity contribution in [3.63, 3.8) is 0 Å². The van der Waals surface area contributed by atoms with Crippen LogP contribution in [-0.2, 0) is 19.6 Å². The Bertz CT molecular complexity index is 1010. The van der Waals surface area contributed by atoms with Gasteiger partial charge in [0.05, 0.1) is 18.3 Å². The van der Waals surface area contributed by atoms with Gasteiger partial charge in [0, 0.05) is 25.2 Å². The minimum atomic E-state index is -0.314. The third-order valence-corrected chi connectivity index (χ3v) is 5.67. The molecular weight excluding hydrogens is 369 g/mol. The van der Waals surface area contributed by atoms with Gasteiger partial charge in [-0.2, -0.15) is 0 Å². The van der Waals surface area contributed by atoms with Crippen molar-refractivity contribution in [1.82, 2.24) is 14.4 Å². The summed E-state index contributed by atoms with van der Waals surface area (Å²) in [7, 11) is 1.97. The summed E-state index contributed by atoms with van der Waals surface area (Å²) in [5.74, 6) is 0.548.